The molecule has 4 rings (SSSR count). The van der Waals surface area contributed by atoms with Crippen LogP contribution in [0.1, 0.15) is 21.5 Å². The zero-order chi connectivity index (χ0) is 23.6. The molecule has 2 aromatic heterocycles. The maximum Gasteiger partial charge on any atom is 0.339 e. The molecule has 2 heterocycles. The molecule has 0 saturated carbocycles. The number of rotatable bonds is 8. The summed E-state index contributed by atoms with van der Waals surface area (Å²) in [6, 6.07) is 9.15. The Kier molecular flexibility index (Phi) is 6.03. The minimum atomic E-state index is -4.20. The molecule has 12 heteroatoms. The number of carbonyl (C=O) groups excluding carboxylic acids is 1. The SMILES string of the molecule is COC(=O)c1ccccc1S(=O)(=O)Nc1noc2cc(Cn3cc(CN)cn3)cc(OC)c12. The molecule has 3 N–H and O–H groups in total. The largest absolute Gasteiger partial charge is 0.496 e. The Labute approximate surface area is 189 Å². The van der Waals surface area contributed by atoms with Crippen LogP contribution in [0.25, 0.3) is 11.0 Å². The predicted octanol–water partition coefficient (Wildman–Crippen LogP) is 2.13. The van der Waals surface area contributed by atoms with E-state index in [1.165, 1.54) is 38.5 Å². The molecular weight excluding hydrogens is 450 g/mol. The van der Waals surface area contributed by atoms with Crippen LogP contribution in [-0.4, -0.2) is 43.5 Å². The molecule has 0 spiro atoms. The highest BCUT2D eigenvalue weighted by atomic mass is 32.2. The molecule has 0 fully saturated rings. The summed E-state index contributed by atoms with van der Waals surface area (Å²) in [4.78, 5) is 11.8. The van der Waals surface area contributed by atoms with E-state index in [0.717, 1.165) is 11.1 Å². The second kappa shape index (κ2) is 8.92. The van der Waals surface area contributed by atoms with Gasteiger partial charge in [-0.25, -0.2) is 13.2 Å². The Balaban J connectivity index is 1.70. The fraction of sp³-hybridized carbons (Fsp3) is 0.190. The summed E-state index contributed by atoms with van der Waals surface area (Å²) in [7, 11) is -1.57. The summed E-state index contributed by atoms with van der Waals surface area (Å²) in [6.07, 6.45) is 3.51. The van der Waals surface area contributed by atoms with Gasteiger partial charge in [0.1, 0.15) is 16.0 Å². The van der Waals surface area contributed by atoms with E-state index in [2.05, 4.69) is 19.7 Å². The Hall–Kier alpha value is -3.90. The van der Waals surface area contributed by atoms with E-state index in [-0.39, 0.29) is 16.3 Å². The van der Waals surface area contributed by atoms with Crippen molar-refractivity contribution in [3.05, 3.63) is 65.5 Å². The van der Waals surface area contributed by atoms with E-state index >= 15 is 0 Å². The maximum absolute atomic E-state index is 13.1. The Morgan fingerprint density at radius 2 is 2.00 bits per heavy atom. The number of nitrogens with two attached hydrogens (primary N) is 1. The summed E-state index contributed by atoms with van der Waals surface area (Å²) in [6.45, 7) is 0.799. The monoisotopic (exact) mass is 471 g/mol. The van der Waals surface area contributed by atoms with Gasteiger partial charge in [0.15, 0.2) is 11.4 Å². The van der Waals surface area contributed by atoms with Crippen LogP contribution >= 0.6 is 0 Å². The fourth-order valence-electron chi connectivity index (χ4n) is 3.36. The molecule has 4 aromatic rings. The highest BCUT2D eigenvalue weighted by Gasteiger charge is 2.26. The standard InChI is InChI=1S/C21H21N5O6S/c1-30-16-7-13(11-26-12-14(9-22)10-23-26)8-17-19(16)20(24-32-17)25-33(28,29)18-6-4-3-5-15(18)21(27)31-2/h3-8,10,12H,9,11,22H2,1-2H3,(H,24,25). The zero-order valence-electron chi connectivity index (χ0n) is 17.8. The smallest absolute Gasteiger partial charge is 0.339 e. The fourth-order valence-corrected chi connectivity index (χ4v) is 4.56. The van der Waals surface area contributed by atoms with Crippen molar-refractivity contribution >= 4 is 32.8 Å². The molecular formula is C21H21N5O6S. The molecule has 0 aliphatic carbocycles. The first-order chi connectivity index (χ1) is 15.9. The molecule has 0 bridgehead atoms. The molecule has 2 aromatic carbocycles. The van der Waals surface area contributed by atoms with E-state index in [4.69, 9.17) is 15.0 Å². The first kappa shape index (κ1) is 22.3. The van der Waals surface area contributed by atoms with E-state index in [9.17, 15) is 13.2 Å². The third-order valence-corrected chi connectivity index (χ3v) is 6.29. The number of benzene rings is 2. The normalized spacial score (nSPS) is 11.5. The third kappa shape index (κ3) is 4.38. The van der Waals surface area contributed by atoms with Crippen molar-refractivity contribution in [3.63, 3.8) is 0 Å². The van der Waals surface area contributed by atoms with Gasteiger partial charge < -0.3 is 19.7 Å². The second-order valence-electron chi connectivity index (χ2n) is 7.05. The van der Waals surface area contributed by atoms with Gasteiger partial charge in [-0.3, -0.25) is 9.40 Å². The average Bonchev–Trinajstić information content (AvgIpc) is 3.44. The van der Waals surface area contributed by atoms with Crippen LogP contribution in [0.15, 0.2) is 58.2 Å². The van der Waals surface area contributed by atoms with Gasteiger partial charge in [0.05, 0.1) is 32.5 Å². The van der Waals surface area contributed by atoms with Gasteiger partial charge in [-0.15, -0.1) is 0 Å². The second-order valence-corrected chi connectivity index (χ2v) is 8.70. The summed E-state index contributed by atoms with van der Waals surface area (Å²) >= 11 is 0. The Morgan fingerprint density at radius 1 is 1.21 bits per heavy atom. The van der Waals surface area contributed by atoms with Crippen molar-refractivity contribution < 1.29 is 27.2 Å². The number of ether oxygens (including phenoxy) is 2. The van der Waals surface area contributed by atoms with Crippen LogP contribution in [0, 0.1) is 0 Å². The van der Waals surface area contributed by atoms with Crippen LogP contribution in [0.5, 0.6) is 5.75 Å². The summed E-state index contributed by atoms with van der Waals surface area (Å²) in [5.41, 5.74) is 7.53. The van der Waals surface area contributed by atoms with Crippen molar-refractivity contribution in [1.82, 2.24) is 14.9 Å². The van der Waals surface area contributed by atoms with Gasteiger partial charge >= 0.3 is 5.97 Å². The van der Waals surface area contributed by atoms with Crippen molar-refractivity contribution in [1.29, 1.82) is 0 Å². The van der Waals surface area contributed by atoms with Gasteiger partial charge in [0.2, 0.25) is 0 Å². The van der Waals surface area contributed by atoms with Crippen molar-refractivity contribution in [2.75, 3.05) is 18.9 Å². The van der Waals surface area contributed by atoms with E-state index in [1.807, 2.05) is 6.20 Å². The molecule has 0 aliphatic heterocycles. The van der Waals surface area contributed by atoms with Gasteiger partial charge in [0.25, 0.3) is 10.0 Å². The lowest BCUT2D eigenvalue weighted by Crippen LogP contribution is -2.17. The molecule has 0 saturated heterocycles. The minimum Gasteiger partial charge on any atom is -0.496 e. The number of esters is 1. The Morgan fingerprint density at radius 3 is 2.70 bits per heavy atom. The topological polar surface area (TPSA) is 152 Å². The first-order valence-electron chi connectivity index (χ1n) is 9.74. The lowest BCUT2D eigenvalue weighted by molar-refractivity contribution is 0.0596. The first-order valence-corrected chi connectivity index (χ1v) is 11.2. The van der Waals surface area contributed by atoms with Crippen LogP contribution in [0.4, 0.5) is 5.82 Å². The molecule has 0 radical (unpaired) electrons. The highest BCUT2D eigenvalue weighted by Crippen LogP contribution is 2.35. The number of hydrogen-bond donors (Lipinski definition) is 2. The number of sulfonamides is 1. The van der Waals surface area contributed by atoms with Crippen LogP contribution in [0.3, 0.4) is 0 Å². The number of fused-ring (bicyclic) bond motifs is 1. The third-order valence-electron chi connectivity index (χ3n) is 4.90. The van der Waals surface area contributed by atoms with Crippen molar-refractivity contribution in [2.24, 2.45) is 5.73 Å². The number of carbonyl (C=O) groups is 1. The quantitative estimate of drug-likeness (QED) is 0.368. The van der Waals surface area contributed by atoms with Crippen molar-refractivity contribution in [2.45, 2.75) is 18.0 Å². The molecule has 0 atom stereocenters. The molecule has 33 heavy (non-hydrogen) atoms. The maximum atomic E-state index is 13.1. The van der Waals surface area contributed by atoms with Gasteiger partial charge in [-0.1, -0.05) is 17.3 Å². The van der Waals surface area contributed by atoms with Gasteiger partial charge in [-0.2, -0.15) is 5.10 Å². The number of aromatic nitrogens is 3. The number of hydrogen-bond acceptors (Lipinski definition) is 9. The zero-order valence-corrected chi connectivity index (χ0v) is 18.6. The molecule has 0 aliphatic rings. The van der Waals surface area contributed by atoms with E-state index < -0.39 is 16.0 Å². The number of nitrogens with zero attached hydrogens (tertiary/aromatic N) is 3. The van der Waals surface area contributed by atoms with Gasteiger partial charge in [0, 0.05) is 18.3 Å². The molecule has 0 unspecified atom stereocenters. The summed E-state index contributed by atoms with van der Waals surface area (Å²) in [5, 5.41) is 8.47. The summed E-state index contributed by atoms with van der Waals surface area (Å²) < 4.78 is 45.8. The number of anilines is 1. The minimum absolute atomic E-state index is 0.0717. The average molecular weight is 471 g/mol. The van der Waals surface area contributed by atoms with Crippen LogP contribution in [0.2, 0.25) is 0 Å². The molecule has 0 amide bonds. The molecule has 172 valence electrons. The Bertz CT molecular complexity index is 1430. The van der Waals surface area contributed by atoms with Gasteiger partial charge in [-0.05, 0) is 29.8 Å². The number of nitrogens with one attached hydrogen (secondary N) is 1. The van der Waals surface area contributed by atoms with Crippen LogP contribution in [-0.2, 0) is 27.8 Å². The van der Waals surface area contributed by atoms with E-state index in [0.29, 0.717) is 29.8 Å². The predicted molar refractivity (Wildman–Crippen MR) is 118 cm³/mol. The molecule has 11 nitrogen and oxygen atoms in total. The van der Waals surface area contributed by atoms with E-state index in [1.54, 1.807) is 23.0 Å². The van der Waals surface area contributed by atoms with Crippen LogP contribution < -0.4 is 15.2 Å². The lowest BCUT2D eigenvalue weighted by Gasteiger charge is -2.11. The summed E-state index contributed by atoms with van der Waals surface area (Å²) in [5.74, 6) is -0.494. The lowest BCUT2D eigenvalue weighted by atomic mass is 10.1. The highest BCUT2D eigenvalue weighted by molar-refractivity contribution is 7.92. The number of methoxy groups -OCH3 is 2. The van der Waals surface area contributed by atoms with Crippen molar-refractivity contribution in [3.8, 4) is 5.75 Å².